The fraction of sp³-hybridized carbons (Fsp3) is 0.450. The lowest BCUT2D eigenvalue weighted by atomic mass is 9.94. The molecule has 2 amide bonds. The molecule has 0 radical (unpaired) electrons. The van der Waals surface area contributed by atoms with Gasteiger partial charge in [0.2, 0.25) is 0 Å². The van der Waals surface area contributed by atoms with E-state index in [2.05, 4.69) is 10.1 Å². The number of rotatable bonds is 7. The van der Waals surface area contributed by atoms with E-state index in [-0.39, 0.29) is 25.0 Å². The molecular formula is C20H26N2O6. The third-order valence-corrected chi connectivity index (χ3v) is 4.55. The highest BCUT2D eigenvalue weighted by Gasteiger charge is 2.32. The van der Waals surface area contributed by atoms with Gasteiger partial charge in [0.15, 0.2) is 0 Å². The Morgan fingerprint density at radius 3 is 2.57 bits per heavy atom. The van der Waals surface area contributed by atoms with Gasteiger partial charge in [0.05, 0.1) is 25.5 Å². The first-order valence-electron chi connectivity index (χ1n) is 8.91. The summed E-state index contributed by atoms with van der Waals surface area (Å²) in [6, 6.07) is -0.358. The van der Waals surface area contributed by atoms with E-state index >= 15 is 0 Å². The lowest BCUT2D eigenvalue weighted by molar-refractivity contribution is -0.140. The minimum atomic E-state index is -0.467. The van der Waals surface area contributed by atoms with E-state index in [1.807, 2.05) is 19.1 Å². The predicted molar refractivity (Wildman–Crippen MR) is 104 cm³/mol. The highest BCUT2D eigenvalue weighted by Crippen LogP contribution is 2.41. The summed E-state index contributed by atoms with van der Waals surface area (Å²) in [5, 5.41) is 2.81. The standard InChI is InChI=1S/C20H26N2O6/c1-12-14-11-28-19(24)16(14)17(21-20(25)22(2)3)13(18(12)27-5)9-7-6-8-10-15(23)26-4/h6-7H,8-11H2,1-5H3,(H,21,25). The van der Waals surface area contributed by atoms with Crippen molar-refractivity contribution < 1.29 is 28.6 Å². The molecule has 1 heterocycles. The van der Waals surface area contributed by atoms with Gasteiger partial charge in [0, 0.05) is 31.6 Å². The Kier molecular flexibility index (Phi) is 7.03. The van der Waals surface area contributed by atoms with E-state index in [4.69, 9.17) is 9.47 Å². The van der Waals surface area contributed by atoms with Crippen molar-refractivity contribution in [2.75, 3.05) is 33.6 Å². The molecule has 1 N–H and O–H groups in total. The summed E-state index contributed by atoms with van der Waals surface area (Å²) in [6.45, 7) is 2.01. The molecule has 0 atom stereocenters. The number of fused-ring (bicyclic) bond motifs is 1. The van der Waals surface area contributed by atoms with Crippen LogP contribution in [0.4, 0.5) is 10.5 Å². The SMILES string of the molecule is COC(=O)CCC=CCc1c(NC(=O)N(C)C)c2c(c(C)c1OC)COC2=O. The second-order valence-corrected chi connectivity index (χ2v) is 6.56. The number of cyclic esters (lactones) is 1. The molecule has 0 fully saturated rings. The molecule has 0 saturated carbocycles. The molecule has 0 saturated heterocycles. The van der Waals surface area contributed by atoms with Crippen molar-refractivity contribution in [1.29, 1.82) is 0 Å². The van der Waals surface area contributed by atoms with Crippen molar-refractivity contribution in [1.82, 2.24) is 4.90 Å². The van der Waals surface area contributed by atoms with Crippen LogP contribution in [0.2, 0.25) is 0 Å². The number of amides is 2. The third-order valence-electron chi connectivity index (χ3n) is 4.55. The molecule has 1 aliphatic rings. The Hall–Kier alpha value is -3.03. The molecular weight excluding hydrogens is 364 g/mol. The second-order valence-electron chi connectivity index (χ2n) is 6.56. The van der Waals surface area contributed by atoms with Crippen LogP contribution in [0.3, 0.4) is 0 Å². The first-order valence-corrected chi connectivity index (χ1v) is 8.91. The molecule has 152 valence electrons. The zero-order valence-electron chi connectivity index (χ0n) is 16.9. The van der Waals surface area contributed by atoms with E-state index in [9.17, 15) is 14.4 Å². The largest absolute Gasteiger partial charge is 0.496 e. The molecule has 1 aromatic carbocycles. The number of hydrogen-bond donors (Lipinski definition) is 1. The maximum atomic E-state index is 12.3. The van der Waals surface area contributed by atoms with Gasteiger partial charge >= 0.3 is 18.0 Å². The lowest BCUT2D eigenvalue weighted by Gasteiger charge is -2.21. The van der Waals surface area contributed by atoms with E-state index < -0.39 is 5.97 Å². The highest BCUT2D eigenvalue weighted by atomic mass is 16.5. The number of carbonyl (C=O) groups is 3. The summed E-state index contributed by atoms with van der Waals surface area (Å²) >= 11 is 0. The maximum absolute atomic E-state index is 12.3. The third kappa shape index (κ3) is 4.44. The maximum Gasteiger partial charge on any atom is 0.341 e. The van der Waals surface area contributed by atoms with Gasteiger partial charge in [0.1, 0.15) is 12.4 Å². The minimum absolute atomic E-state index is 0.149. The monoisotopic (exact) mass is 390 g/mol. The van der Waals surface area contributed by atoms with Gasteiger partial charge < -0.3 is 24.4 Å². The van der Waals surface area contributed by atoms with Crippen molar-refractivity contribution in [2.45, 2.75) is 32.8 Å². The van der Waals surface area contributed by atoms with Gasteiger partial charge in [-0.25, -0.2) is 9.59 Å². The number of nitrogens with one attached hydrogen (secondary N) is 1. The number of ether oxygens (including phenoxy) is 3. The zero-order valence-corrected chi connectivity index (χ0v) is 16.9. The van der Waals surface area contributed by atoms with Crippen LogP contribution in [0.15, 0.2) is 12.2 Å². The lowest BCUT2D eigenvalue weighted by Crippen LogP contribution is -2.29. The number of hydrogen-bond acceptors (Lipinski definition) is 6. The number of esters is 2. The van der Waals surface area contributed by atoms with E-state index in [0.717, 1.165) is 5.56 Å². The first-order chi connectivity index (χ1) is 13.3. The summed E-state index contributed by atoms with van der Waals surface area (Å²) in [6.07, 6.45) is 4.95. The molecule has 0 bridgehead atoms. The van der Waals surface area contributed by atoms with Crippen molar-refractivity contribution >= 4 is 23.7 Å². The molecule has 8 nitrogen and oxygen atoms in total. The number of urea groups is 1. The Morgan fingerprint density at radius 2 is 1.96 bits per heavy atom. The average molecular weight is 390 g/mol. The number of anilines is 1. The molecule has 0 aliphatic carbocycles. The molecule has 1 aromatic rings. The number of methoxy groups -OCH3 is 2. The summed E-state index contributed by atoms with van der Waals surface area (Å²) in [5.41, 5.74) is 2.98. The van der Waals surface area contributed by atoms with E-state index in [0.29, 0.717) is 41.0 Å². The molecule has 28 heavy (non-hydrogen) atoms. The number of carbonyl (C=O) groups excluding carboxylic acids is 3. The summed E-state index contributed by atoms with van der Waals surface area (Å²) in [7, 11) is 6.13. The average Bonchev–Trinajstić information content (AvgIpc) is 3.05. The van der Waals surface area contributed by atoms with Gasteiger partial charge in [-0.2, -0.15) is 0 Å². The van der Waals surface area contributed by atoms with Crippen LogP contribution in [-0.4, -0.2) is 51.2 Å². The van der Waals surface area contributed by atoms with Crippen LogP contribution < -0.4 is 10.1 Å². The van der Waals surface area contributed by atoms with Gasteiger partial charge in [-0.1, -0.05) is 12.2 Å². The predicted octanol–water partition coefficient (Wildman–Crippen LogP) is 2.82. The van der Waals surface area contributed by atoms with Gasteiger partial charge in [-0.15, -0.1) is 0 Å². The Labute approximate surface area is 164 Å². The molecule has 0 aromatic heterocycles. The van der Waals surface area contributed by atoms with Crippen LogP contribution in [0, 0.1) is 6.92 Å². The van der Waals surface area contributed by atoms with Gasteiger partial charge in [0.25, 0.3) is 0 Å². The minimum Gasteiger partial charge on any atom is -0.496 e. The van der Waals surface area contributed by atoms with Crippen molar-refractivity contribution in [3.8, 4) is 5.75 Å². The molecule has 8 heteroatoms. The Balaban J connectivity index is 2.43. The summed E-state index contributed by atoms with van der Waals surface area (Å²) < 4.78 is 15.4. The van der Waals surface area contributed by atoms with Crippen LogP contribution in [-0.2, 0) is 27.3 Å². The van der Waals surface area contributed by atoms with Crippen LogP contribution in [0.5, 0.6) is 5.75 Å². The summed E-state index contributed by atoms with van der Waals surface area (Å²) in [5.74, 6) is -0.147. The van der Waals surface area contributed by atoms with Crippen molar-refractivity contribution in [3.05, 3.63) is 34.4 Å². The number of allylic oxidation sites excluding steroid dienone is 2. The quantitative estimate of drug-likeness (QED) is 0.568. The van der Waals surface area contributed by atoms with E-state index in [1.165, 1.54) is 12.0 Å². The Bertz CT molecular complexity index is 814. The molecule has 1 aliphatic heterocycles. The van der Waals surface area contributed by atoms with E-state index in [1.54, 1.807) is 21.2 Å². The molecule has 0 spiro atoms. The van der Waals surface area contributed by atoms with Crippen LogP contribution in [0.1, 0.15) is 39.9 Å². The fourth-order valence-corrected chi connectivity index (χ4v) is 3.03. The normalized spacial score (nSPS) is 12.5. The first kappa shape index (κ1) is 21.3. The number of nitrogens with zero attached hydrogens (tertiary/aromatic N) is 1. The van der Waals surface area contributed by atoms with Crippen LogP contribution >= 0.6 is 0 Å². The summed E-state index contributed by atoms with van der Waals surface area (Å²) in [4.78, 5) is 37.2. The Morgan fingerprint density at radius 1 is 1.25 bits per heavy atom. The zero-order chi connectivity index (χ0) is 20.8. The topological polar surface area (TPSA) is 94.2 Å². The van der Waals surface area contributed by atoms with Crippen LogP contribution in [0.25, 0.3) is 0 Å². The number of benzene rings is 1. The smallest absolute Gasteiger partial charge is 0.341 e. The second kappa shape index (κ2) is 9.25. The molecule has 2 rings (SSSR count). The molecule has 0 unspecified atom stereocenters. The van der Waals surface area contributed by atoms with Gasteiger partial charge in [-0.05, 0) is 25.3 Å². The fourth-order valence-electron chi connectivity index (χ4n) is 3.03. The highest BCUT2D eigenvalue weighted by molar-refractivity contribution is 6.05. The van der Waals surface area contributed by atoms with Crippen molar-refractivity contribution in [3.63, 3.8) is 0 Å². The van der Waals surface area contributed by atoms with Gasteiger partial charge in [-0.3, -0.25) is 4.79 Å². The van der Waals surface area contributed by atoms with Crippen molar-refractivity contribution in [2.24, 2.45) is 0 Å².